The fourth-order valence-corrected chi connectivity index (χ4v) is 0.970. The van der Waals surface area contributed by atoms with Crippen molar-refractivity contribution in [3.8, 4) is 5.75 Å². The van der Waals surface area contributed by atoms with Crippen LogP contribution in [0.3, 0.4) is 0 Å². The number of hydrogen-bond donors (Lipinski definition) is 1. The third-order valence-corrected chi connectivity index (χ3v) is 1.68. The molecule has 0 saturated carbocycles. The Morgan fingerprint density at radius 1 is 1.50 bits per heavy atom. The summed E-state index contributed by atoms with van der Waals surface area (Å²) in [6.45, 7) is 0.383. The minimum atomic E-state index is -0.953. The molecule has 3 nitrogen and oxygen atoms in total. The second-order valence-electron chi connectivity index (χ2n) is 2.81. The van der Waals surface area contributed by atoms with Gasteiger partial charge in [-0.15, -0.1) is 0 Å². The number of amides is 1. The van der Waals surface area contributed by atoms with E-state index in [-0.39, 0.29) is 5.91 Å². The number of methoxy groups -OCH3 is 1. The molecular formula is C11H15NO2. The van der Waals surface area contributed by atoms with Crippen molar-refractivity contribution < 1.29 is 12.3 Å². The summed E-state index contributed by atoms with van der Waals surface area (Å²) < 4.78 is 20.4. The first-order chi connectivity index (χ1) is 7.54. The van der Waals surface area contributed by atoms with Gasteiger partial charge in [0, 0.05) is 16.2 Å². The van der Waals surface area contributed by atoms with E-state index in [1.54, 1.807) is 31.4 Å². The maximum absolute atomic E-state index is 10.8. The van der Waals surface area contributed by atoms with Crippen molar-refractivity contribution in [3.63, 3.8) is 0 Å². The first kappa shape index (κ1) is 7.85. The molecule has 14 heavy (non-hydrogen) atoms. The predicted molar refractivity (Wildman–Crippen MR) is 55.4 cm³/mol. The van der Waals surface area contributed by atoms with Crippen LogP contribution in [0.15, 0.2) is 24.3 Å². The molecule has 1 aromatic rings. The molecule has 1 amide bonds. The standard InChI is InChI=1S/C11H15NO2/c1-9(13)12-8-7-10-3-5-11(14-2)6-4-10/h3-6H,7-8H2,1-2H3,(H,12,13)/i7D,8D. The van der Waals surface area contributed by atoms with Crippen molar-refractivity contribution in [1.82, 2.24) is 5.32 Å². The fraction of sp³-hybridized carbons (Fsp3) is 0.364. The van der Waals surface area contributed by atoms with Gasteiger partial charge in [-0.05, 0) is 24.1 Å². The van der Waals surface area contributed by atoms with Crippen molar-refractivity contribution in [3.05, 3.63) is 29.8 Å². The number of rotatable bonds is 4. The van der Waals surface area contributed by atoms with Gasteiger partial charge in [-0.25, -0.2) is 0 Å². The molecule has 0 aliphatic rings. The summed E-state index contributed by atoms with van der Waals surface area (Å²) in [6.07, 6.45) is -0.796. The summed E-state index contributed by atoms with van der Waals surface area (Å²) >= 11 is 0. The van der Waals surface area contributed by atoms with Crippen LogP contribution in [0.4, 0.5) is 0 Å². The van der Waals surface area contributed by atoms with Crippen molar-refractivity contribution in [2.24, 2.45) is 0 Å². The first-order valence-corrected chi connectivity index (χ1v) is 4.30. The van der Waals surface area contributed by atoms with E-state index >= 15 is 0 Å². The van der Waals surface area contributed by atoms with Crippen LogP contribution in [0, 0.1) is 0 Å². The Labute approximate surface area is 86.9 Å². The molecule has 1 N–H and O–H groups in total. The quantitative estimate of drug-likeness (QED) is 0.788. The fourth-order valence-electron chi connectivity index (χ4n) is 0.970. The topological polar surface area (TPSA) is 38.3 Å². The number of hydrogen-bond acceptors (Lipinski definition) is 2. The summed E-state index contributed by atoms with van der Waals surface area (Å²) in [6, 6.07) is 6.91. The zero-order chi connectivity index (χ0) is 12.1. The van der Waals surface area contributed by atoms with Crippen LogP contribution >= 0.6 is 0 Å². The molecule has 0 aromatic heterocycles. The van der Waals surface area contributed by atoms with E-state index in [0.717, 1.165) is 0 Å². The summed E-state index contributed by atoms with van der Waals surface area (Å²) in [5.74, 6) is 0.405. The van der Waals surface area contributed by atoms with Crippen molar-refractivity contribution in [2.45, 2.75) is 13.3 Å². The third kappa shape index (κ3) is 3.47. The smallest absolute Gasteiger partial charge is 0.216 e. The van der Waals surface area contributed by atoms with Crippen LogP contribution in [0.5, 0.6) is 5.75 Å². The van der Waals surface area contributed by atoms with Gasteiger partial charge in [-0.3, -0.25) is 4.79 Å². The van der Waals surface area contributed by atoms with Gasteiger partial charge in [-0.1, -0.05) is 12.1 Å². The molecule has 0 bridgehead atoms. The monoisotopic (exact) mass is 195 g/mol. The molecule has 2 unspecified atom stereocenters. The third-order valence-electron chi connectivity index (χ3n) is 1.68. The Morgan fingerprint density at radius 3 is 2.64 bits per heavy atom. The van der Waals surface area contributed by atoms with Gasteiger partial charge in [0.25, 0.3) is 0 Å². The van der Waals surface area contributed by atoms with E-state index in [2.05, 4.69) is 5.32 Å². The number of ether oxygens (including phenoxy) is 1. The van der Waals surface area contributed by atoms with Gasteiger partial charge >= 0.3 is 0 Å². The molecule has 2 atom stereocenters. The molecule has 0 aliphatic carbocycles. The molecule has 0 aliphatic heterocycles. The Morgan fingerprint density at radius 2 is 2.14 bits per heavy atom. The van der Waals surface area contributed by atoms with E-state index in [0.29, 0.717) is 11.3 Å². The van der Waals surface area contributed by atoms with Crippen molar-refractivity contribution in [1.29, 1.82) is 0 Å². The van der Waals surface area contributed by atoms with E-state index < -0.39 is 12.9 Å². The molecule has 0 saturated heterocycles. The van der Waals surface area contributed by atoms with Gasteiger partial charge in [0.05, 0.1) is 7.11 Å². The minimum absolute atomic E-state index is 0.300. The van der Waals surface area contributed by atoms with E-state index in [1.807, 2.05) is 0 Å². The van der Waals surface area contributed by atoms with Crippen LogP contribution in [-0.2, 0) is 11.2 Å². The molecular weight excluding hydrogens is 178 g/mol. The van der Waals surface area contributed by atoms with Crippen LogP contribution in [-0.4, -0.2) is 19.5 Å². The number of carbonyl (C=O) groups excluding carboxylic acids is 1. The summed E-state index contributed by atoms with van der Waals surface area (Å²) in [5.41, 5.74) is 0.676. The SMILES string of the molecule is [2H]C(NC(C)=O)C([2H])c1ccc(OC)cc1. The minimum Gasteiger partial charge on any atom is -0.497 e. The molecule has 0 spiro atoms. The van der Waals surface area contributed by atoms with Gasteiger partial charge in [0.1, 0.15) is 5.75 Å². The highest BCUT2D eigenvalue weighted by Gasteiger charge is 1.95. The Balaban J connectivity index is 2.71. The Hall–Kier alpha value is -1.51. The zero-order valence-corrected chi connectivity index (χ0v) is 8.28. The lowest BCUT2D eigenvalue weighted by molar-refractivity contribution is -0.118. The number of benzene rings is 1. The zero-order valence-electron chi connectivity index (χ0n) is 10.3. The normalized spacial score (nSPS) is 16.1. The van der Waals surface area contributed by atoms with Crippen LogP contribution in [0.2, 0.25) is 0 Å². The van der Waals surface area contributed by atoms with E-state index in [1.165, 1.54) is 6.92 Å². The highest BCUT2D eigenvalue weighted by atomic mass is 16.5. The number of aryl methyl sites for hydroxylation is 1. The van der Waals surface area contributed by atoms with Gasteiger partial charge in [0.2, 0.25) is 5.91 Å². The molecule has 0 radical (unpaired) electrons. The van der Waals surface area contributed by atoms with Crippen molar-refractivity contribution in [2.75, 3.05) is 13.6 Å². The summed E-state index contributed by atoms with van der Waals surface area (Å²) in [7, 11) is 1.57. The largest absolute Gasteiger partial charge is 0.497 e. The summed E-state index contributed by atoms with van der Waals surface area (Å²) in [5, 5.41) is 2.38. The maximum atomic E-state index is 10.8. The molecule has 1 aromatic carbocycles. The predicted octanol–water partition coefficient (Wildman–Crippen LogP) is 1.37. The molecule has 0 fully saturated rings. The lowest BCUT2D eigenvalue weighted by Crippen LogP contribution is -2.22. The van der Waals surface area contributed by atoms with Gasteiger partial charge in [0.15, 0.2) is 0 Å². The molecule has 0 heterocycles. The van der Waals surface area contributed by atoms with Crippen molar-refractivity contribution >= 4 is 5.91 Å². The van der Waals surface area contributed by atoms with E-state index in [4.69, 9.17) is 7.48 Å². The van der Waals surface area contributed by atoms with E-state index in [9.17, 15) is 4.79 Å². The summed E-state index contributed by atoms with van der Waals surface area (Å²) in [4.78, 5) is 10.8. The number of nitrogens with one attached hydrogen (secondary N) is 1. The molecule has 3 heteroatoms. The first-order valence-electron chi connectivity index (χ1n) is 5.45. The lowest BCUT2D eigenvalue weighted by atomic mass is 10.1. The number of carbonyl (C=O) groups is 1. The van der Waals surface area contributed by atoms with Gasteiger partial charge in [-0.2, -0.15) is 0 Å². The van der Waals surface area contributed by atoms with Crippen LogP contribution in [0.25, 0.3) is 0 Å². The van der Waals surface area contributed by atoms with Gasteiger partial charge < -0.3 is 10.1 Å². The average molecular weight is 195 g/mol. The molecule has 1 rings (SSSR count). The maximum Gasteiger partial charge on any atom is 0.216 e. The highest BCUT2D eigenvalue weighted by Crippen LogP contribution is 2.11. The second-order valence-corrected chi connectivity index (χ2v) is 2.81. The molecule has 76 valence electrons. The van der Waals surface area contributed by atoms with Crippen LogP contribution < -0.4 is 10.1 Å². The Bertz CT molecular complexity index is 354. The lowest BCUT2D eigenvalue weighted by Gasteiger charge is -2.03. The Kier molecular flexibility index (Phi) is 2.96. The van der Waals surface area contributed by atoms with Crippen LogP contribution in [0.1, 0.15) is 15.2 Å². The average Bonchev–Trinajstić information content (AvgIpc) is 2.27. The highest BCUT2D eigenvalue weighted by molar-refractivity contribution is 5.72. The second kappa shape index (κ2) is 5.27.